The number of benzene rings is 3. The Morgan fingerprint density at radius 3 is 2.44 bits per heavy atom. The lowest BCUT2D eigenvalue weighted by atomic mass is 10.2. The van der Waals surface area contributed by atoms with Crippen molar-refractivity contribution in [2.45, 2.75) is 13.5 Å². The SMILES string of the molecule is CCOc1ccc(N=C2NC(=O)/C(=C\c3cc(Br)c(OCc4ccccc4Cl)c(Br)c3)S2)cc1. The van der Waals surface area contributed by atoms with Crippen molar-refractivity contribution in [3.63, 3.8) is 0 Å². The van der Waals surface area contributed by atoms with Crippen molar-refractivity contribution < 1.29 is 14.3 Å². The van der Waals surface area contributed by atoms with Crippen molar-refractivity contribution >= 4 is 78.1 Å². The molecule has 0 bridgehead atoms. The standard InChI is InChI=1S/C25H19Br2ClN2O3S/c1-2-32-18-9-7-17(8-10-18)29-25-30-24(31)22(34-25)13-15-11-19(26)23(20(27)12-15)33-14-16-5-3-4-6-21(16)28/h3-13H,2,14H2,1H3,(H,29,30,31)/b22-13+. The van der Waals surface area contributed by atoms with Gasteiger partial charge in [-0.1, -0.05) is 29.8 Å². The zero-order valence-electron chi connectivity index (χ0n) is 18.0. The van der Waals surface area contributed by atoms with Crippen LogP contribution in [0, 0.1) is 0 Å². The quantitative estimate of drug-likeness (QED) is 0.274. The van der Waals surface area contributed by atoms with E-state index in [0.717, 1.165) is 31.5 Å². The molecule has 1 fully saturated rings. The number of ether oxygens (including phenoxy) is 2. The highest BCUT2D eigenvalue weighted by molar-refractivity contribution is 9.11. The number of halogens is 3. The van der Waals surface area contributed by atoms with Crippen molar-refractivity contribution in [3.05, 3.63) is 90.7 Å². The Morgan fingerprint density at radius 2 is 1.76 bits per heavy atom. The van der Waals surface area contributed by atoms with Gasteiger partial charge in [0, 0.05) is 10.6 Å². The Kier molecular flexibility index (Phi) is 8.37. The van der Waals surface area contributed by atoms with Crippen LogP contribution in [0.25, 0.3) is 6.08 Å². The highest BCUT2D eigenvalue weighted by Crippen LogP contribution is 2.37. The van der Waals surface area contributed by atoms with Crippen molar-refractivity contribution in [1.82, 2.24) is 5.32 Å². The zero-order chi connectivity index (χ0) is 24.1. The summed E-state index contributed by atoms with van der Waals surface area (Å²) in [6, 6.07) is 18.8. The third kappa shape index (κ3) is 6.24. The lowest BCUT2D eigenvalue weighted by Gasteiger charge is -2.12. The largest absolute Gasteiger partial charge is 0.494 e. The lowest BCUT2D eigenvalue weighted by Crippen LogP contribution is -2.19. The average molecular weight is 623 g/mol. The Balaban J connectivity index is 1.48. The molecule has 4 rings (SSSR count). The molecule has 0 spiro atoms. The first kappa shape index (κ1) is 24.9. The van der Waals surface area contributed by atoms with Crippen molar-refractivity contribution in [2.75, 3.05) is 6.61 Å². The van der Waals surface area contributed by atoms with E-state index in [-0.39, 0.29) is 5.91 Å². The second-order valence-electron chi connectivity index (χ2n) is 7.10. The van der Waals surface area contributed by atoms with Crippen LogP contribution < -0.4 is 14.8 Å². The predicted molar refractivity (Wildman–Crippen MR) is 146 cm³/mol. The molecule has 1 aliphatic rings. The first-order valence-electron chi connectivity index (χ1n) is 10.3. The van der Waals surface area contributed by atoms with E-state index in [4.69, 9.17) is 21.1 Å². The van der Waals surface area contributed by atoms with Gasteiger partial charge in [0.1, 0.15) is 18.1 Å². The summed E-state index contributed by atoms with van der Waals surface area (Å²) in [5, 5.41) is 3.99. The van der Waals surface area contributed by atoms with E-state index in [0.29, 0.717) is 34.1 Å². The van der Waals surface area contributed by atoms with Gasteiger partial charge in [0.05, 0.1) is 26.1 Å². The summed E-state index contributed by atoms with van der Waals surface area (Å²) in [7, 11) is 0. The molecule has 0 unspecified atom stereocenters. The second kappa shape index (κ2) is 11.4. The third-order valence-corrected chi connectivity index (χ3v) is 7.13. The van der Waals surface area contributed by atoms with Crippen LogP contribution in [-0.2, 0) is 11.4 Å². The van der Waals surface area contributed by atoms with E-state index in [9.17, 15) is 4.79 Å². The van der Waals surface area contributed by atoms with Crippen LogP contribution in [0.2, 0.25) is 5.02 Å². The van der Waals surface area contributed by atoms with E-state index in [1.165, 1.54) is 11.8 Å². The number of carbonyl (C=O) groups is 1. The van der Waals surface area contributed by atoms with Gasteiger partial charge in [-0.25, -0.2) is 4.99 Å². The second-order valence-corrected chi connectivity index (χ2v) is 10.2. The number of aliphatic imine (C=N–C) groups is 1. The summed E-state index contributed by atoms with van der Waals surface area (Å²) in [5.41, 5.74) is 2.47. The molecule has 1 heterocycles. The van der Waals surface area contributed by atoms with E-state index in [1.54, 1.807) is 0 Å². The Morgan fingerprint density at radius 1 is 1.06 bits per heavy atom. The summed E-state index contributed by atoms with van der Waals surface area (Å²) in [5.74, 6) is 1.25. The van der Waals surface area contributed by atoms with E-state index in [1.807, 2.05) is 73.7 Å². The topological polar surface area (TPSA) is 59.9 Å². The summed E-state index contributed by atoms with van der Waals surface area (Å²) in [6.45, 7) is 2.88. The van der Waals surface area contributed by atoms with Gasteiger partial charge in [-0.15, -0.1) is 0 Å². The Labute approximate surface area is 223 Å². The van der Waals surface area contributed by atoms with Crippen LogP contribution in [-0.4, -0.2) is 17.7 Å². The number of amides is 1. The molecule has 0 radical (unpaired) electrons. The van der Waals surface area contributed by atoms with Crippen LogP contribution in [0.15, 0.2) is 79.5 Å². The molecule has 1 N–H and O–H groups in total. The van der Waals surface area contributed by atoms with E-state index in [2.05, 4.69) is 42.2 Å². The fourth-order valence-corrected chi connectivity index (χ4v) is 5.58. The van der Waals surface area contributed by atoms with Crippen LogP contribution in [0.1, 0.15) is 18.1 Å². The van der Waals surface area contributed by atoms with Crippen molar-refractivity contribution in [2.24, 2.45) is 4.99 Å². The molecule has 3 aromatic carbocycles. The minimum absolute atomic E-state index is 0.194. The predicted octanol–water partition coefficient (Wildman–Crippen LogP) is 7.73. The van der Waals surface area contributed by atoms with Gasteiger partial charge < -0.3 is 14.8 Å². The maximum absolute atomic E-state index is 12.5. The number of hydrogen-bond acceptors (Lipinski definition) is 5. The maximum Gasteiger partial charge on any atom is 0.264 e. The lowest BCUT2D eigenvalue weighted by molar-refractivity contribution is -0.115. The average Bonchev–Trinajstić information content (AvgIpc) is 3.14. The smallest absolute Gasteiger partial charge is 0.264 e. The monoisotopic (exact) mass is 620 g/mol. The number of nitrogens with zero attached hydrogens (tertiary/aromatic N) is 1. The van der Waals surface area contributed by atoms with Crippen LogP contribution >= 0.6 is 55.2 Å². The summed E-state index contributed by atoms with van der Waals surface area (Å²) >= 11 is 14.6. The summed E-state index contributed by atoms with van der Waals surface area (Å²) < 4.78 is 12.9. The molecule has 0 aliphatic carbocycles. The van der Waals surface area contributed by atoms with E-state index >= 15 is 0 Å². The number of rotatable bonds is 7. The minimum atomic E-state index is -0.194. The molecule has 9 heteroatoms. The van der Waals surface area contributed by atoms with Crippen LogP contribution in [0.5, 0.6) is 11.5 Å². The van der Waals surface area contributed by atoms with E-state index < -0.39 is 0 Å². The Hall–Kier alpha value is -2.26. The molecule has 0 aromatic heterocycles. The first-order valence-corrected chi connectivity index (χ1v) is 13.1. The number of amidine groups is 1. The molecule has 1 saturated heterocycles. The molecule has 0 saturated carbocycles. The molecule has 3 aromatic rings. The van der Waals surface area contributed by atoms with Gasteiger partial charge in [0.25, 0.3) is 5.91 Å². The molecule has 174 valence electrons. The highest BCUT2D eigenvalue weighted by Gasteiger charge is 2.24. The minimum Gasteiger partial charge on any atom is -0.494 e. The van der Waals surface area contributed by atoms with Gasteiger partial charge in [0.15, 0.2) is 5.17 Å². The fraction of sp³-hybridized carbons (Fsp3) is 0.120. The van der Waals surface area contributed by atoms with Crippen LogP contribution in [0.3, 0.4) is 0 Å². The molecule has 5 nitrogen and oxygen atoms in total. The molecule has 1 aliphatic heterocycles. The van der Waals surface area contributed by atoms with Crippen molar-refractivity contribution in [1.29, 1.82) is 0 Å². The summed E-state index contributed by atoms with van der Waals surface area (Å²) in [4.78, 5) is 17.5. The fourth-order valence-electron chi connectivity index (χ4n) is 3.10. The van der Waals surface area contributed by atoms with Gasteiger partial charge in [-0.2, -0.15) is 0 Å². The van der Waals surface area contributed by atoms with Gasteiger partial charge >= 0.3 is 0 Å². The molecule has 0 atom stereocenters. The Bertz CT molecular complexity index is 1260. The number of nitrogens with one attached hydrogen (secondary N) is 1. The number of hydrogen-bond donors (Lipinski definition) is 1. The van der Waals surface area contributed by atoms with Crippen LogP contribution in [0.4, 0.5) is 5.69 Å². The first-order chi connectivity index (χ1) is 16.4. The number of thioether (sulfide) groups is 1. The zero-order valence-corrected chi connectivity index (χ0v) is 22.7. The number of carbonyl (C=O) groups excluding carboxylic acids is 1. The molecule has 34 heavy (non-hydrogen) atoms. The van der Waals surface area contributed by atoms with Gasteiger partial charge in [-0.3, -0.25) is 4.79 Å². The highest BCUT2D eigenvalue weighted by atomic mass is 79.9. The summed E-state index contributed by atoms with van der Waals surface area (Å²) in [6.07, 6.45) is 1.81. The van der Waals surface area contributed by atoms with Crippen molar-refractivity contribution in [3.8, 4) is 11.5 Å². The molecular weight excluding hydrogens is 604 g/mol. The van der Waals surface area contributed by atoms with Gasteiger partial charge in [0.2, 0.25) is 0 Å². The normalized spacial score (nSPS) is 15.6. The molecule has 1 amide bonds. The third-order valence-electron chi connectivity index (χ3n) is 4.68. The van der Waals surface area contributed by atoms with Gasteiger partial charge in [-0.05, 0) is 105 Å². The molecular formula is C25H19Br2ClN2O3S. The maximum atomic E-state index is 12.5.